The van der Waals surface area contributed by atoms with Crippen LogP contribution in [0.25, 0.3) is 10.8 Å². The van der Waals surface area contributed by atoms with Gasteiger partial charge in [-0.3, -0.25) is 4.99 Å². The fourth-order valence-corrected chi connectivity index (χ4v) is 2.21. The summed E-state index contributed by atoms with van der Waals surface area (Å²) in [5, 5.41) is 2.09. The van der Waals surface area contributed by atoms with Gasteiger partial charge in [0.1, 0.15) is 11.3 Å². The highest BCUT2D eigenvalue weighted by Gasteiger charge is 2.30. The van der Waals surface area contributed by atoms with Crippen LogP contribution in [0.2, 0.25) is 0 Å². The molecule has 122 valence electrons. The van der Waals surface area contributed by atoms with E-state index in [-0.39, 0.29) is 5.96 Å². The molecule has 0 radical (unpaired) electrons. The minimum Gasteiger partial charge on any atom is -0.425 e. The van der Waals surface area contributed by atoms with Crippen molar-refractivity contribution < 1.29 is 9.53 Å². The van der Waals surface area contributed by atoms with E-state index in [9.17, 15) is 4.79 Å². The number of rotatable bonds is 6. The van der Waals surface area contributed by atoms with Crippen LogP contribution in [0.15, 0.2) is 47.5 Å². The topological polar surface area (TPSA) is 117 Å². The van der Waals surface area contributed by atoms with E-state index in [0.29, 0.717) is 25.1 Å². The molecule has 0 saturated heterocycles. The van der Waals surface area contributed by atoms with Gasteiger partial charge < -0.3 is 21.9 Å². The number of carbonyl (C=O) groups excluding carboxylic acids is 1. The molecule has 0 aliphatic rings. The Morgan fingerprint density at radius 2 is 1.87 bits per heavy atom. The zero-order valence-electron chi connectivity index (χ0n) is 13.2. The monoisotopic (exact) mass is 314 g/mol. The maximum Gasteiger partial charge on any atom is 0.331 e. The van der Waals surface area contributed by atoms with E-state index < -0.39 is 11.5 Å². The van der Waals surface area contributed by atoms with Crippen LogP contribution in [0.5, 0.6) is 5.75 Å². The summed E-state index contributed by atoms with van der Waals surface area (Å²) in [5.74, 6) is 0.0366. The molecule has 0 heterocycles. The molecule has 0 saturated carbocycles. The van der Waals surface area contributed by atoms with Crippen LogP contribution >= 0.6 is 0 Å². The highest BCUT2D eigenvalue weighted by molar-refractivity contribution is 5.86. The van der Waals surface area contributed by atoms with Gasteiger partial charge in [-0.05, 0) is 42.7 Å². The number of ether oxygens (including phenoxy) is 1. The summed E-state index contributed by atoms with van der Waals surface area (Å²) in [6.45, 7) is 2.07. The number of benzene rings is 2. The second-order valence-electron chi connectivity index (χ2n) is 5.73. The van der Waals surface area contributed by atoms with Gasteiger partial charge in [-0.2, -0.15) is 0 Å². The summed E-state index contributed by atoms with van der Waals surface area (Å²) in [6, 6.07) is 13.3. The number of aliphatic imine (C=N–C) groups is 1. The van der Waals surface area contributed by atoms with E-state index in [0.717, 1.165) is 10.8 Å². The van der Waals surface area contributed by atoms with Crippen molar-refractivity contribution in [2.45, 2.75) is 25.3 Å². The molecule has 0 unspecified atom stereocenters. The Kier molecular flexibility index (Phi) is 5.18. The SMILES string of the molecule is C[C@](N)(CCCN=C(N)N)C(=O)Oc1ccc2ccccc2c1. The smallest absolute Gasteiger partial charge is 0.331 e. The minimum absolute atomic E-state index is 0.0301. The number of carbonyl (C=O) groups is 1. The van der Waals surface area contributed by atoms with E-state index in [4.69, 9.17) is 21.9 Å². The number of hydrogen-bond acceptors (Lipinski definition) is 4. The summed E-state index contributed by atoms with van der Waals surface area (Å²) in [5.41, 5.74) is 15.5. The van der Waals surface area contributed by atoms with E-state index in [2.05, 4.69) is 4.99 Å². The largest absolute Gasteiger partial charge is 0.425 e. The lowest BCUT2D eigenvalue weighted by molar-refractivity contribution is -0.140. The molecule has 2 rings (SSSR count). The average molecular weight is 314 g/mol. The lowest BCUT2D eigenvalue weighted by Crippen LogP contribution is -2.47. The number of hydrogen-bond donors (Lipinski definition) is 3. The molecule has 2 aromatic rings. The van der Waals surface area contributed by atoms with Crippen molar-refractivity contribution in [3.05, 3.63) is 42.5 Å². The second kappa shape index (κ2) is 7.11. The Labute approximate surface area is 135 Å². The first kappa shape index (κ1) is 16.8. The minimum atomic E-state index is -1.09. The number of nitrogens with two attached hydrogens (primary N) is 3. The van der Waals surface area contributed by atoms with E-state index >= 15 is 0 Å². The summed E-state index contributed by atoms with van der Waals surface area (Å²) in [4.78, 5) is 16.1. The Morgan fingerprint density at radius 3 is 2.57 bits per heavy atom. The molecule has 0 amide bonds. The molecule has 0 bridgehead atoms. The van der Waals surface area contributed by atoms with Gasteiger partial charge in [-0.1, -0.05) is 30.3 Å². The highest BCUT2D eigenvalue weighted by Crippen LogP contribution is 2.22. The predicted octanol–water partition coefficient (Wildman–Crippen LogP) is 1.52. The molecule has 2 aromatic carbocycles. The van der Waals surface area contributed by atoms with Gasteiger partial charge in [-0.15, -0.1) is 0 Å². The first-order valence-electron chi connectivity index (χ1n) is 7.44. The van der Waals surface area contributed by atoms with Crippen LogP contribution in [0.1, 0.15) is 19.8 Å². The average Bonchev–Trinajstić information content (AvgIpc) is 2.51. The van der Waals surface area contributed by atoms with E-state index in [1.165, 1.54) is 0 Å². The van der Waals surface area contributed by atoms with Gasteiger partial charge in [-0.25, -0.2) is 4.79 Å². The number of fused-ring (bicyclic) bond motifs is 1. The highest BCUT2D eigenvalue weighted by atomic mass is 16.5. The molecule has 0 aliphatic carbocycles. The number of nitrogens with zero attached hydrogens (tertiary/aromatic N) is 1. The fourth-order valence-electron chi connectivity index (χ4n) is 2.21. The van der Waals surface area contributed by atoms with Gasteiger partial charge in [0.2, 0.25) is 0 Å². The van der Waals surface area contributed by atoms with Crippen LogP contribution in [0.4, 0.5) is 0 Å². The van der Waals surface area contributed by atoms with E-state index in [1.807, 2.05) is 36.4 Å². The van der Waals surface area contributed by atoms with Gasteiger partial charge in [0.25, 0.3) is 0 Å². The number of esters is 1. The first-order valence-corrected chi connectivity index (χ1v) is 7.44. The molecule has 0 aromatic heterocycles. The molecule has 6 heteroatoms. The van der Waals surface area contributed by atoms with Gasteiger partial charge in [0.15, 0.2) is 5.96 Å². The van der Waals surface area contributed by atoms with Crippen molar-refractivity contribution >= 4 is 22.7 Å². The Bertz CT molecular complexity index is 721. The van der Waals surface area contributed by atoms with Gasteiger partial charge in [0, 0.05) is 6.54 Å². The van der Waals surface area contributed by atoms with Crippen LogP contribution in [-0.2, 0) is 4.79 Å². The zero-order chi connectivity index (χ0) is 16.9. The van der Waals surface area contributed by atoms with Gasteiger partial charge in [0.05, 0.1) is 0 Å². The van der Waals surface area contributed by atoms with Crippen LogP contribution in [-0.4, -0.2) is 24.0 Å². The quantitative estimate of drug-likeness (QED) is 0.246. The Morgan fingerprint density at radius 1 is 1.17 bits per heavy atom. The third-order valence-electron chi connectivity index (χ3n) is 3.55. The summed E-state index contributed by atoms with van der Waals surface area (Å²) in [7, 11) is 0. The Hall–Kier alpha value is -2.60. The molecule has 6 N–H and O–H groups in total. The summed E-state index contributed by atoms with van der Waals surface area (Å²) in [6.07, 6.45) is 1.02. The van der Waals surface area contributed by atoms with Crippen molar-refractivity contribution in [3.8, 4) is 5.75 Å². The second-order valence-corrected chi connectivity index (χ2v) is 5.73. The fraction of sp³-hybridized carbons (Fsp3) is 0.294. The molecule has 6 nitrogen and oxygen atoms in total. The predicted molar refractivity (Wildman–Crippen MR) is 92.1 cm³/mol. The summed E-state index contributed by atoms with van der Waals surface area (Å²) < 4.78 is 5.42. The van der Waals surface area contributed by atoms with Gasteiger partial charge >= 0.3 is 5.97 Å². The van der Waals surface area contributed by atoms with Crippen molar-refractivity contribution in [2.24, 2.45) is 22.2 Å². The molecule has 1 atom stereocenters. The molecule has 0 spiro atoms. The van der Waals surface area contributed by atoms with Crippen LogP contribution in [0.3, 0.4) is 0 Å². The maximum absolute atomic E-state index is 12.3. The summed E-state index contributed by atoms with van der Waals surface area (Å²) >= 11 is 0. The van der Waals surface area contributed by atoms with E-state index in [1.54, 1.807) is 13.0 Å². The standard InChI is InChI=1S/C17H22N4O2/c1-17(20,9-4-10-21-16(18)19)15(22)23-14-8-7-12-5-2-3-6-13(12)11-14/h2-3,5-8,11H,4,9-10,20H2,1H3,(H4,18,19,21)/t17-/m0/s1. The molecule has 0 fully saturated rings. The molecule has 0 aliphatic heterocycles. The van der Waals surface area contributed by atoms with Crippen LogP contribution < -0.4 is 21.9 Å². The lowest BCUT2D eigenvalue weighted by atomic mass is 9.97. The molecule has 23 heavy (non-hydrogen) atoms. The third-order valence-corrected chi connectivity index (χ3v) is 3.55. The van der Waals surface area contributed by atoms with Crippen molar-refractivity contribution in [3.63, 3.8) is 0 Å². The van der Waals surface area contributed by atoms with Crippen LogP contribution in [0, 0.1) is 0 Å². The molecular formula is C17H22N4O2. The third kappa shape index (κ3) is 4.69. The van der Waals surface area contributed by atoms with Crippen molar-refractivity contribution in [2.75, 3.05) is 6.54 Å². The Balaban J connectivity index is 1.99. The maximum atomic E-state index is 12.3. The zero-order valence-corrected chi connectivity index (χ0v) is 13.2. The lowest BCUT2D eigenvalue weighted by Gasteiger charge is -2.22. The van der Waals surface area contributed by atoms with Crippen molar-refractivity contribution in [1.82, 2.24) is 0 Å². The molecular weight excluding hydrogens is 292 g/mol. The van der Waals surface area contributed by atoms with Crippen molar-refractivity contribution in [1.29, 1.82) is 0 Å². The normalized spacial score (nSPS) is 13.3. The first-order chi connectivity index (χ1) is 10.9. The number of guanidine groups is 1.